The lowest BCUT2D eigenvalue weighted by molar-refractivity contribution is -0.0886. The number of rotatable bonds is 1. The highest BCUT2D eigenvalue weighted by molar-refractivity contribution is 5.93. The molecule has 1 aliphatic heterocycles. The number of carbonyl (C=O) groups is 1. The predicted molar refractivity (Wildman–Crippen MR) is 79.2 cm³/mol. The number of amides is 1. The number of likely N-dealkylation sites (tertiary alicyclic amines) is 1. The molecule has 1 saturated carbocycles. The average molecular weight is 290 g/mol. The topological polar surface area (TPSA) is 73.4 Å². The fourth-order valence-corrected chi connectivity index (χ4v) is 3.67. The highest BCUT2D eigenvalue weighted by Gasteiger charge is 2.43. The minimum absolute atomic E-state index is 0.147. The molecule has 114 valence electrons. The number of hydrogen-bond donors (Lipinski definition) is 2. The molecule has 0 radical (unpaired) electrons. The van der Waals surface area contributed by atoms with Crippen molar-refractivity contribution in [1.82, 2.24) is 9.88 Å². The number of piperidine rings is 1. The Morgan fingerprint density at radius 1 is 1.43 bits per heavy atom. The van der Waals surface area contributed by atoms with E-state index < -0.39 is 5.60 Å². The van der Waals surface area contributed by atoms with Crippen LogP contribution in [0.15, 0.2) is 17.1 Å². The third-order valence-corrected chi connectivity index (χ3v) is 5.00. The second kappa shape index (κ2) is 5.30. The number of aliphatic hydroxyl groups is 1. The Bertz CT molecular complexity index is 610. The molecule has 5 nitrogen and oxygen atoms in total. The first-order valence-electron chi connectivity index (χ1n) is 7.70. The van der Waals surface area contributed by atoms with Gasteiger partial charge in [-0.3, -0.25) is 9.59 Å². The Labute approximate surface area is 124 Å². The van der Waals surface area contributed by atoms with E-state index in [9.17, 15) is 14.7 Å². The van der Waals surface area contributed by atoms with E-state index in [0.717, 1.165) is 31.4 Å². The van der Waals surface area contributed by atoms with Crippen LogP contribution in [0.25, 0.3) is 0 Å². The van der Waals surface area contributed by atoms with Crippen LogP contribution in [0.2, 0.25) is 0 Å². The zero-order chi connectivity index (χ0) is 15.0. The minimum Gasteiger partial charge on any atom is -0.389 e. The SMILES string of the molecule is Cc1cc(=O)c(C(=O)N2CCC3(O)CCCCC3C2)c[nH]1. The summed E-state index contributed by atoms with van der Waals surface area (Å²) in [4.78, 5) is 29.1. The largest absolute Gasteiger partial charge is 0.389 e. The molecule has 1 aromatic heterocycles. The molecular weight excluding hydrogens is 268 g/mol. The first-order valence-corrected chi connectivity index (χ1v) is 7.70. The van der Waals surface area contributed by atoms with Crippen LogP contribution in [-0.2, 0) is 0 Å². The first kappa shape index (κ1) is 14.3. The van der Waals surface area contributed by atoms with Crippen LogP contribution in [0.3, 0.4) is 0 Å². The molecule has 21 heavy (non-hydrogen) atoms. The number of aryl methyl sites for hydroxylation is 1. The van der Waals surface area contributed by atoms with E-state index >= 15 is 0 Å². The van der Waals surface area contributed by atoms with Gasteiger partial charge >= 0.3 is 0 Å². The maximum atomic E-state index is 12.5. The van der Waals surface area contributed by atoms with Gasteiger partial charge in [0.15, 0.2) is 5.43 Å². The van der Waals surface area contributed by atoms with Crippen molar-refractivity contribution in [3.63, 3.8) is 0 Å². The standard InChI is InChI=1S/C16H22N2O3/c1-11-8-14(19)13(9-17-11)15(20)18-7-6-16(21)5-3-2-4-12(16)10-18/h8-9,12,21H,2-7,10H2,1H3,(H,17,19). The Kier molecular flexibility index (Phi) is 3.61. The van der Waals surface area contributed by atoms with Gasteiger partial charge in [0.25, 0.3) is 5.91 Å². The molecule has 1 amide bonds. The Balaban J connectivity index is 1.79. The van der Waals surface area contributed by atoms with Crippen molar-refractivity contribution in [1.29, 1.82) is 0 Å². The fourth-order valence-electron chi connectivity index (χ4n) is 3.67. The van der Waals surface area contributed by atoms with Crippen molar-refractivity contribution >= 4 is 5.91 Å². The Morgan fingerprint density at radius 2 is 2.24 bits per heavy atom. The number of pyridine rings is 1. The predicted octanol–water partition coefficient (Wildman–Crippen LogP) is 1.45. The zero-order valence-electron chi connectivity index (χ0n) is 12.4. The Hall–Kier alpha value is -1.62. The van der Waals surface area contributed by atoms with E-state index in [2.05, 4.69) is 4.98 Å². The molecule has 0 bridgehead atoms. The Morgan fingerprint density at radius 3 is 3.00 bits per heavy atom. The molecule has 5 heteroatoms. The van der Waals surface area contributed by atoms with Gasteiger partial charge < -0.3 is 15.0 Å². The van der Waals surface area contributed by atoms with Crippen LogP contribution < -0.4 is 5.43 Å². The summed E-state index contributed by atoms with van der Waals surface area (Å²) in [5.74, 6) is -0.0719. The molecule has 2 fully saturated rings. The maximum absolute atomic E-state index is 12.5. The number of aromatic nitrogens is 1. The molecule has 2 aliphatic rings. The summed E-state index contributed by atoms with van der Waals surface area (Å²) in [6.07, 6.45) is 6.10. The molecule has 0 aromatic carbocycles. The van der Waals surface area contributed by atoms with Gasteiger partial charge in [-0.2, -0.15) is 0 Å². The zero-order valence-corrected chi connectivity index (χ0v) is 12.4. The van der Waals surface area contributed by atoms with E-state index in [1.165, 1.54) is 12.3 Å². The van der Waals surface area contributed by atoms with Crippen LogP contribution in [0.4, 0.5) is 0 Å². The van der Waals surface area contributed by atoms with Gasteiger partial charge in [-0.25, -0.2) is 0 Å². The first-order chi connectivity index (χ1) is 9.99. The van der Waals surface area contributed by atoms with Crippen LogP contribution in [0, 0.1) is 12.8 Å². The molecular formula is C16H22N2O3. The van der Waals surface area contributed by atoms with Gasteiger partial charge in [0, 0.05) is 37.0 Å². The molecule has 1 aliphatic carbocycles. The number of hydrogen-bond acceptors (Lipinski definition) is 3. The van der Waals surface area contributed by atoms with Gasteiger partial charge in [-0.1, -0.05) is 12.8 Å². The number of H-pyrrole nitrogens is 1. The van der Waals surface area contributed by atoms with Crippen molar-refractivity contribution < 1.29 is 9.90 Å². The van der Waals surface area contributed by atoms with Crippen LogP contribution in [0.5, 0.6) is 0 Å². The van der Waals surface area contributed by atoms with Crippen molar-refractivity contribution in [2.45, 2.75) is 44.6 Å². The molecule has 3 rings (SSSR count). The summed E-state index contributed by atoms with van der Waals surface area (Å²) >= 11 is 0. The van der Waals surface area contributed by atoms with Crippen LogP contribution in [-0.4, -0.2) is 39.6 Å². The lowest BCUT2D eigenvalue weighted by Gasteiger charge is -2.47. The fraction of sp³-hybridized carbons (Fsp3) is 0.625. The van der Waals surface area contributed by atoms with Gasteiger partial charge in [0.05, 0.1) is 5.60 Å². The highest BCUT2D eigenvalue weighted by Crippen LogP contribution is 2.39. The third kappa shape index (κ3) is 2.62. The number of nitrogens with zero attached hydrogens (tertiary/aromatic N) is 1. The molecule has 1 aromatic rings. The van der Waals surface area contributed by atoms with E-state index in [0.29, 0.717) is 19.5 Å². The maximum Gasteiger partial charge on any atom is 0.259 e. The van der Waals surface area contributed by atoms with E-state index in [1.54, 1.807) is 11.8 Å². The third-order valence-electron chi connectivity index (χ3n) is 5.00. The molecule has 2 N–H and O–H groups in total. The number of aromatic amines is 1. The van der Waals surface area contributed by atoms with Crippen molar-refractivity contribution in [3.8, 4) is 0 Å². The second-order valence-corrected chi connectivity index (χ2v) is 6.44. The summed E-state index contributed by atoms with van der Waals surface area (Å²) in [5.41, 5.74) is 0.105. The number of fused-ring (bicyclic) bond motifs is 1. The van der Waals surface area contributed by atoms with Crippen molar-refractivity contribution in [2.24, 2.45) is 5.92 Å². The van der Waals surface area contributed by atoms with Gasteiger partial charge in [-0.05, 0) is 26.2 Å². The molecule has 0 spiro atoms. The summed E-state index contributed by atoms with van der Waals surface area (Å²) in [7, 11) is 0. The number of nitrogens with one attached hydrogen (secondary N) is 1. The second-order valence-electron chi connectivity index (χ2n) is 6.44. The van der Waals surface area contributed by atoms with Crippen molar-refractivity contribution in [2.75, 3.05) is 13.1 Å². The van der Waals surface area contributed by atoms with Gasteiger partial charge in [0.2, 0.25) is 0 Å². The minimum atomic E-state index is -0.602. The average Bonchev–Trinajstić information content (AvgIpc) is 2.45. The van der Waals surface area contributed by atoms with E-state index in [-0.39, 0.29) is 22.8 Å². The lowest BCUT2D eigenvalue weighted by Crippen LogP contribution is -2.55. The summed E-state index contributed by atoms with van der Waals surface area (Å²) in [6.45, 7) is 2.88. The quantitative estimate of drug-likeness (QED) is 0.822. The van der Waals surface area contributed by atoms with E-state index in [4.69, 9.17) is 0 Å². The monoisotopic (exact) mass is 290 g/mol. The van der Waals surface area contributed by atoms with E-state index in [1.807, 2.05) is 0 Å². The van der Waals surface area contributed by atoms with Crippen LogP contribution in [0.1, 0.15) is 48.2 Å². The highest BCUT2D eigenvalue weighted by atomic mass is 16.3. The lowest BCUT2D eigenvalue weighted by atomic mass is 9.71. The summed E-state index contributed by atoms with van der Waals surface area (Å²) in [6, 6.07) is 1.45. The van der Waals surface area contributed by atoms with Gasteiger partial charge in [-0.15, -0.1) is 0 Å². The smallest absolute Gasteiger partial charge is 0.259 e. The molecule has 2 unspecified atom stereocenters. The number of carbonyl (C=O) groups excluding carboxylic acids is 1. The van der Waals surface area contributed by atoms with Gasteiger partial charge in [0.1, 0.15) is 5.56 Å². The molecule has 2 heterocycles. The van der Waals surface area contributed by atoms with Crippen LogP contribution >= 0.6 is 0 Å². The molecule has 2 atom stereocenters. The summed E-state index contributed by atoms with van der Waals surface area (Å²) < 4.78 is 0. The molecule has 1 saturated heterocycles. The van der Waals surface area contributed by atoms with Crippen molar-refractivity contribution in [3.05, 3.63) is 33.7 Å². The normalized spacial score (nSPS) is 29.0. The summed E-state index contributed by atoms with van der Waals surface area (Å²) in [5, 5.41) is 10.6.